The Hall–Kier alpha value is -1.97. The molecule has 0 amide bonds. The fourth-order valence-electron chi connectivity index (χ4n) is 2.41. The molecule has 1 N–H and O–H groups in total. The van der Waals surface area contributed by atoms with Crippen molar-refractivity contribution >= 4 is 22.5 Å². The molecule has 3 nitrogen and oxygen atoms in total. The first kappa shape index (κ1) is 14.0. The average molecular weight is 301 g/mol. The molecule has 0 saturated carbocycles. The van der Waals surface area contributed by atoms with E-state index in [0.29, 0.717) is 5.02 Å². The van der Waals surface area contributed by atoms with E-state index in [1.807, 2.05) is 50.6 Å². The Morgan fingerprint density at radius 1 is 1.14 bits per heavy atom. The van der Waals surface area contributed by atoms with E-state index in [1.165, 1.54) is 5.52 Å². The van der Waals surface area contributed by atoms with Crippen LogP contribution in [0.5, 0.6) is 11.5 Å². The van der Waals surface area contributed by atoms with Crippen molar-refractivity contribution in [2.45, 2.75) is 6.54 Å². The first-order valence-corrected chi connectivity index (χ1v) is 7.21. The molecule has 108 valence electrons. The number of fused-ring (bicyclic) bond motifs is 1. The SMILES string of the molecule is CNCc1ccc(Cl)cc1Oc1ccc2c(ccn2C)c1. The summed E-state index contributed by atoms with van der Waals surface area (Å²) in [6.07, 6.45) is 2.04. The molecule has 0 aliphatic heterocycles. The first-order chi connectivity index (χ1) is 10.2. The van der Waals surface area contributed by atoms with Gasteiger partial charge in [-0.05, 0) is 43.4 Å². The molecule has 21 heavy (non-hydrogen) atoms. The normalized spacial score (nSPS) is 11.0. The third-order valence-electron chi connectivity index (χ3n) is 3.48. The first-order valence-electron chi connectivity index (χ1n) is 6.83. The summed E-state index contributed by atoms with van der Waals surface area (Å²) in [5.74, 6) is 1.60. The van der Waals surface area contributed by atoms with Crippen LogP contribution in [0.3, 0.4) is 0 Å². The predicted octanol–water partition coefficient (Wildman–Crippen LogP) is 4.34. The average Bonchev–Trinajstić information content (AvgIpc) is 2.83. The molecule has 0 aliphatic carbocycles. The Balaban J connectivity index is 1.95. The Labute approximate surface area is 129 Å². The summed E-state index contributed by atoms with van der Waals surface area (Å²) in [6.45, 7) is 0.736. The smallest absolute Gasteiger partial charge is 0.133 e. The number of rotatable bonds is 4. The molecular weight excluding hydrogens is 284 g/mol. The molecule has 3 aromatic rings. The second kappa shape index (κ2) is 5.80. The van der Waals surface area contributed by atoms with Crippen molar-refractivity contribution in [2.75, 3.05) is 7.05 Å². The third kappa shape index (κ3) is 2.89. The summed E-state index contributed by atoms with van der Waals surface area (Å²) in [5.41, 5.74) is 2.26. The molecule has 2 aromatic carbocycles. The number of aryl methyl sites for hydroxylation is 1. The number of hydrogen-bond acceptors (Lipinski definition) is 2. The highest BCUT2D eigenvalue weighted by Crippen LogP contribution is 2.30. The lowest BCUT2D eigenvalue weighted by atomic mass is 10.2. The van der Waals surface area contributed by atoms with Crippen molar-refractivity contribution in [3.05, 3.63) is 59.2 Å². The minimum Gasteiger partial charge on any atom is -0.457 e. The van der Waals surface area contributed by atoms with E-state index in [9.17, 15) is 0 Å². The lowest BCUT2D eigenvalue weighted by molar-refractivity contribution is 0.475. The van der Waals surface area contributed by atoms with Crippen molar-refractivity contribution in [1.82, 2.24) is 9.88 Å². The molecule has 0 spiro atoms. The zero-order valence-electron chi connectivity index (χ0n) is 12.1. The second-order valence-corrected chi connectivity index (χ2v) is 5.47. The molecule has 0 saturated heterocycles. The van der Waals surface area contributed by atoms with Crippen molar-refractivity contribution < 1.29 is 4.74 Å². The molecule has 1 heterocycles. The van der Waals surface area contributed by atoms with Gasteiger partial charge in [0.2, 0.25) is 0 Å². The topological polar surface area (TPSA) is 26.2 Å². The van der Waals surface area contributed by atoms with E-state index in [0.717, 1.165) is 29.0 Å². The van der Waals surface area contributed by atoms with Crippen molar-refractivity contribution in [2.24, 2.45) is 7.05 Å². The second-order valence-electron chi connectivity index (χ2n) is 5.03. The maximum atomic E-state index is 6.08. The fraction of sp³-hybridized carbons (Fsp3) is 0.176. The molecule has 0 bridgehead atoms. The molecule has 0 fully saturated rings. The van der Waals surface area contributed by atoms with Crippen LogP contribution < -0.4 is 10.1 Å². The van der Waals surface area contributed by atoms with Crippen LogP contribution in [0.2, 0.25) is 5.02 Å². The number of benzene rings is 2. The summed E-state index contributed by atoms with van der Waals surface area (Å²) in [4.78, 5) is 0. The fourth-order valence-corrected chi connectivity index (χ4v) is 2.57. The summed E-state index contributed by atoms with van der Waals surface area (Å²) in [5, 5.41) is 4.97. The summed E-state index contributed by atoms with van der Waals surface area (Å²) in [6, 6.07) is 13.9. The quantitative estimate of drug-likeness (QED) is 0.775. The van der Waals surface area contributed by atoms with E-state index < -0.39 is 0 Å². The minimum absolute atomic E-state index is 0.672. The van der Waals surface area contributed by atoms with Crippen molar-refractivity contribution in [1.29, 1.82) is 0 Å². The minimum atomic E-state index is 0.672. The molecule has 0 radical (unpaired) electrons. The van der Waals surface area contributed by atoms with Crippen molar-refractivity contribution in [3.8, 4) is 11.5 Å². The van der Waals surface area contributed by atoms with Crippen LogP contribution in [-0.2, 0) is 13.6 Å². The van der Waals surface area contributed by atoms with E-state index in [-0.39, 0.29) is 0 Å². The van der Waals surface area contributed by atoms with E-state index >= 15 is 0 Å². The highest BCUT2D eigenvalue weighted by molar-refractivity contribution is 6.30. The Morgan fingerprint density at radius 2 is 2.00 bits per heavy atom. The lowest BCUT2D eigenvalue weighted by Gasteiger charge is -2.12. The Bertz CT molecular complexity index is 780. The Morgan fingerprint density at radius 3 is 2.81 bits per heavy atom. The van der Waals surface area contributed by atoms with Crippen LogP contribution in [0.15, 0.2) is 48.7 Å². The number of ether oxygens (including phenoxy) is 1. The molecule has 0 atom stereocenters. The zero-order valence-corrected chi connectivity index (χ0v) is 12.8. The number of nitrogens with zero attached hydrogens (tertiary/aromatic N) is 1. The largest absolute Gasteiger partial charge is 0.457 e. The molecule has 4 heteroatoms. The Kier molecular flexibility index (Phi) is 3.86. The summed E-state index contributed by atoms with van der Waals surface area (Å²) < 4.78 is 8.11. The van der Waals surface area contributed by atoms with E-state index in [4.69, 9.17) is 16.3 Å². The maximum absolute atomic E-state index is 6.08. The van der Waals surface area contributed by atoms with Gasteiger partial charge in [-0.3, -0.25) is 0 Å². The van der Waals surface area contributed by atoms with Gasteiger partial charge >= 0.3 is 0 Å². The summed E-state index contributed by atoms with van der Waals surface area (Å²) in [7, 11) is 3.94. The van der Waals surface area contributed by atoms with E-state index in [2.05, 4.69) is 22.0 Å². The van der Waals surface area contributed by atoms with Crippen LogP contribution in [0.25, 0.3) is 10.9 Å². The van der Waals surface area contributed by atoms with Gasteiger partial charge in [-0.1, -0.05) is 17.7 Å². The standard InChI is InChI=1S/C17H17ClN2O/c1-19-11-13-3-4-14(18)10-17(13)21-15-5-6-16-12(9-15)7-8-20(16)2/h3-10,19H,11H2,1-2H3. The molecular formula is C17H17ClN2O. The molecule has 3 rings (SSSR count). The lowest BCUT2D eigenvalue weighted by Crippen LogP contribution is -2.06. The number of halogens is 1. The van der Waals surface area contributed by atoms with Gasteiger partial charge < -0.3 is 14.6 Å². The van der Waals surface area contributed by atoms with Crippen molar-refractivity contribution in [3.63, 3.8) is 0 Å². The predicted molar refractivity (Wildman–Crippen MR) is 87.2 cm³/mol. The third-order valence-corrected chi connectivity index (χ3v) is 3.72. The number of hydrogen-bond donors (Lipinski definition) is 1. The van der Waals surface area contributed by atoms with Crippen LogP contribution in [0.4, 0.5) is 0 Å². The molecule has 0 aliphatic rings. The maximum Gasteiger partial charge on any atom is 0.133 e. The highest BCUT2D eigenvalue weighted by Gasteiger charge is 2.07. The van der Waals surface area contributed by atoms with Gasteiger partial charge in [0, 0.05) is 41.3 Å². The molecule has 0 unspecified atom stereocenters. The summed E-state index contributed by atoms with van der Waals surface area (Å²) >= 11 is 6.08. The van der Waals surface area contributed by atoms with E-state index in [1.54, 1.807) is 0 Å². The van der Waals surface area contributed by atoms with Gasteiger partial charge in [0.1, 0.15) is 11.5 Å². The van der Waals surface area contributed by atoms with Gasteiger partial charge in [-0.2, -0.15) is 0 Å². The van der Waals surface area contributed by atoms with Crippen LogP contribution in [0, 0.1) is 0 Å². The van der Waals surface area contributed by atoms with Gasteiger partial charge in [0.05, 0.1) is 0 Å². The number of nitrogens with one attached hydrogen (secondary N) is 1. The van der Waals surface area contributed by atoms with Crippen LogP contribution in [0.1, 0.15) is 5.56 Å². The van der Waals surface area contributed by atoms with Crippen LogP contribution >= 0.6 is 11.6 Å². The van der Waals surface area contributed by atoms with Gasteiger partial charge in [-0.25, -0.2) is 0 Å². The molecule has 1 aromatic heterocycles. The van der Waals surface area contributed by atoms with Crippen LogP contribution in [-0.4, -0.2) is 11.6 Å². The number of aromatic nitrogens is 1. The zero-order chi connectivity index (χ0) is 14.8. The van der Waals surface area contributed by atoms with Gasteiger partial charge in [-0.15, -0.1) is 0 Å². The highest BCUT2D eigenvalue weighted by atomic mass is 35.5. The van der Waals surface area contributed by atoms with Gasteiger partial charge in [0.25, 0.3) is 0 Å². The monoisotopic (exact) mass is 300 g/mol. The van der Waals surface area contributed by atoms with Gasteiger partial charge in [0.15, 0.2) is 0 Å².